The van der Waals surface area contributed by atoms with Crippen LogP contribution in [-0.4, -0.2) is 38.7 Å². The summed E-state index contributed by atoms with van der Waals surface area (Å²) in [7, 11) is 0. The Labute approximate surface area is 146 Å². The molecule has 2 heterocycles. The zero-order valence-electron chi connectivity index (χ0n) is 13.9. The van der Waals surface area contributed by atoms with Gasteiger partial charge in [-0.2, -0.15) is 5.10 Å². The highest BCUT2D eigenvalue weighted by molar-refractivity contribution is 6.04. The maximum Gasteiger partial charge on any atom is 0.275 e. The molecule has 1 fully saturated rings. The Bertz CT molecular complexity index is 875. The summed E-state index contributed by atoms with van der Waals surface area (Å²) in [4.78, 5) is 14.9. The second-order valence-electron chi connectivity index (χ2n) is 6.57. The van der Waals surface area contributed by atoms with Crippen LogP contribution in [0.15, 0.2) is 54.6 Å². The topological polar surface area (TPSA) is 69.2 Å². The number of aromatic amines is 1. The number of para-hydroxylation sites is 1. The van der Waals surface area contributed by atoms with Gasteiger partial charge in [0.25, 0.3) is 5.91 Å². The molecule has 2 atom stereocenters. The summed E-state index contributed by atoms with van der Waals surface area (Å²) in [6.45, 7) is 0.714. The molecule has 1 saturated heterocycles. The van der Waals surface area contributed by atoms with Gasteiger partial charge in [-0.3, -0.25) is 9.89 Å². The van der Waals surface area contributed by atoms with Crippen LogP contribution in [0.4, 0.5) is 0 Å². The van der Waals surface area contributed by atoms with E-state index >= 15 is 0 Å². The number of aliphatic hydroxyl groups excluding tert-OH is 1. The van der Waals surface area contributed by atoms with Gasteiger partial charge in [-0.1, -0.05) is 48.5 Å². The molecule has 1 aliphatic rings. The molecule has 0 unspecified atom stereocenters. The number of carbonyl (C=O) groups excluding carboxylic acids is 1. The van der Waals surface area contributed by atoms with Crippen molar-refractivity contribution in [3.05, 3.63) is 65.9 Å². The van der Waals surface area contributed by atoms with E-state index in [1.165, 1.54) is 0 Å². The Balaban J connectivity index is 1.54. The van der Waals surface area contributed by atoms with Crippen molar-refractivity contribution in [2.24, 2.45) is 0 Å². The number of rotatable bonds is 4. The van der Waals surface area contributed by atoms with Crippen LogP contribution in [0.2, 0.25) is 0 Å². The summed E-state index contributed by atoms with van der Waals surface area (Å²) in [5.41, 5.74) is 2.23. The highest BCUT2D eigenvalue weighted by Crippen LogP contribution is 2.29. The van der Waals surface area contributed by atoms with Gasteiger partial charge < -0.3 is 10.0 Å². The number of benzene rings is 2. The Morgan fingerprint density at radius 1 is 1.20 bits per heavy atom. The van der Waals surface area contributed by atoms with Gasteiger partial charge in [0.15, 0.2) is 5.69 Å². The van der Waals surface area contributed by atoms with E-state index in [1.54, 1.807) is 0 Å². The summed E-state index contributed by atoms with van der Waals surface area (Å²) < 4.78 is 0. The molecule has 2 N–H and O–H groups in total. The molecule has 25 heavy (non-hydrogen) atoms. The summed E-state index contributed by atoms with van der Waals surface area (Å²) in [5.74, 6) is -0.0554. The van der Waals surface area contributed by atoms with Crippen molar-refractivity contribution in [3.8, 4) is 0 Å². The third kappa shape index (κ3) is 3.03. The van der Waals surface area contributed by atoms with E-state index in [0.29, 0.717) is 18.7 Å². The van der Waals surface area contributed by atoms with E-state index < -0.39 is 6.10 Å². The molecular weight excluding hydrogens is 314 g/mol. The molecule has 5 nitrogen and oxygen atoms in total. The Hall–Kier alpha value is -2.66. The molecule has 0 radical (unpaired) electrons. The van der Waals surface area contributed by atoms with Crippen LogP contribution in [0.1, 0.15) is 41.4 Å². The van der Waals surface area contributed by atoms with Gasteiger partial charge >= 0.3 is 0 Å². The van der Waals surface area contributed by atoms with Crippen molar-refractivity contribution in [3.63, 3.8) is 0 Å². The maximum absolute atomic E-state index is 13.0. The fraction of sp³-hybridized carbons (Fsp3) is 0.300. The number of nitrogens with zero attached hydrogens (tertiary/aromatic N) is 2. The first-order valence-electron chi connectivity index (χ1n) is 8.71. The largest absolute Gasteiger partial charge is 0.388 e. The molecule has 1 amide bonds. The van der Waals surface area contributed by atoms with Gasteiger partial charge in [-0.25, -0.2) is 0 Å². The lowest BCUT2D eigenvalue weighted by Crippen LogP contribution is -2.36. The molecular formula is C20H21N3O2. The molecule has 3 aromatic rings. The van der Waals surface area contributed by atoms with Gasteiger partial charge in [0, 0.05) is 18.0 Å². The number of aliphatic hydroxyl groups is 1. The van der Waals surface area contributed by atoms with Gasteiger partial charge in [-0.05, 0) is 30.9 Å². The van der Waals surface area contributed by atoms with Crippen molar-refractivity contribution in [2.75, 3.05) is 6.54 Å². The average Bonchev–Trinajstić information content (AvgIpc) is 3.29. The minimum absolute atomic E-state index is 0.0400. The fourth-order valence-electron chi connectivity index (χ4n) is 3.68. The summed E-state index contributed by atoms with van der Waals surface area (Å²) in [6, 6.07) is 17.3. The van der Waals surface area contributed by atoms with E-state index in [0.717, 1.165) is 29.3 Å². The Morgan fingerprint density at radius 2 is 1.96 bits per heavy atom. The predicted octanol–water partition coefficient (Wildman–Crippen LogP) is 3.29. The van der Waals surface area contributed by atoms with Crippen LogP contribution < -0.4 is 0 Å². The van der Waals surface area contributed by atoms with Crippen molar-refractivity contribution in [1.82, 2.24) is 15.1 Å². The van der Waals surface area contributed by atoms with E-state index in [-0.39, 0.29) is 11.9 Å². The number of hydrogen-bond donors (Lipinski definition) is 2. The lowest BCUT2D eigenvalue weighted by Gasteiger charge is -2.26. The third-order valence-electron chi connectivity index (χ3n) is 4.99. The first-order chi connectivity index (χ1) is 12.2. The van der Waals surface area contributed by atoms with Crippen LogP contribution >= 0.6 is 0 Å². The van der Waals surface area contributed by atoms with E-state index in [4.69, 9.17) is 0 Å². The summed E-state index contributed by atoms with van der Waals surface area (Å²) in [5, 5.41) is 18.5. The van der Waals surface area contributed by atoms with Crippen LogP contribution in [-0.2, 0) is 0 Å². The molecule has 128 valence electrons. The van der Waals surface area contributed by atoms with Gasteiger partial charge in [0.05, 0.1) is 11.6 Å². The van der Waals surface area contributed by atoms with Crippen molar-refractivity contribution in [1.29, 1.82) is 0 Å². The minimum Gasteiger partial charge on any atom is -0.388 e. The third-order valence-corrected chi connectivity index (χ3v) is 4.99. The Kier molecular flexibility index (Phi) is 4.24. The number of carbonyl (C=O) groups is 1. The molecule has 1 aliphatic heterocycles. The van der Waals surface area contributed by atoms with E-state index in [2.05, 4.69) is 10.2 Å². The number of H-pyrrole nitrogens is 1. The number of hydrogen-bond acceptors (Lipinski definition) is 3. The quantitative estimate of drug-likeness (QED) is 0.769. The number of aromatic nitrogens is 2. The molecule has 0 aliphatic carbocycles. The van der Waals surface area contributed by atoms with Gasteiger partial charge in [0.2, 0.25) is 0 Å². The van der Waals surface area contributed by atoms with Crippen LogP contribution in [0.5, 0.6) is 0 Å². The first-order valence-corrected chi connectivity index (χ1v) is 8.71. The van der Waals surface area contributed by atoms with Crippen molar-refractivity contribution >= 4 is 16.8 Å². The smallest absolute Gasteiger partial charge is 0.275 e. The van der Waals surface area contributed by atoms with Crippen LogP contribution in [0, 0.1) is 0 Å². The van der Waals surface area contributed by atoms with E-state index in [9.17, 15) is 9.90 Å². The number of nitrogens with one attached hydrogen (secondary N) is 1. The van der Waals surface area contributed by atoms with Crippen molar-refractivity contribution < 1.29 is 9.90 Å². The number of fused-ring (bicyclic) bond motifs is 1. The normalized spacial score (nSPS) is 18.6. The zero-order chi connectivity index (χ0) is 17.2. The maximum atomic E-state index is 13.0. The lowest BCUT2D eigenvalue weighted by molar-refractivity contribution is 0.0663. The first kappa shape index (κ1) is 15.8. The van der Waals surface area contributed by atoms with Crippen molar-refractivity contribution in [2.45, 2.75) is 31.4 Å². The molecule has 0 spiro atoms. The highest BCUT2D eigenvalue weighted by Gasteiger charge is 2.32. The Morgan fingerprint density at radius 3 is 2.80 bits per heavy atom. The molecule has 4 rings (SSSR count). The monoisotopic (exact) mass is 335 g/mol. The molecule has 1 aromatic heterocycles. The summed E-state index contributed by atoms with van der Waals surface area (Å²) in [6.07, 6.45) is 1.87. The van der Waals surface area contributed by atoms with Gasteiger partial charge in [0.1, 0.15) is 0 Å². The van der Waals surface area contributed by atoms with Crippen LogP contribution in [0.25, 0.3) is 10.9 Å². The number of likely N-dealkylation sites (tertiary alicyclic amines) is 1. The molecule has 0 saturated carbocycles. The zero-order valence-corrected chi connectivity index (χ0v) is 13.9. The second-order valence-corrected chi connectivity index (χ2v) is 6.57. The van der Waals surface area contributed by atoms with Gasteiger partial charge in [-0.15, -0.1) is 0 Å². The predicted molar refractivity (Wildman–Crippen MR) is 96.2 cm³/mol. The molecule has 2 aromatic carbocycles. The molecule has 0 bridgehead atoms. The minimum atomic E-state index is -0.560. The standard InChI is InChI=1S/C20H21N3O2/c24-18(14-7-2-1-3-8-14)13-15-9-6-12-23(15)20(25)19-16-10-4-5-11-17(16)21-22-19/h1-5,7-8,10-11,15,18,24H,6,9,12-13H2,(H,21,22)/t15-,18-/m1/s1. The average molecular weight is 335 g/mol. The second kappa shape index (κ2) is 6.69. The van der Waals surface area contributed by atoms with E-state index in [1.807, 2.05) is 59.5 Å². The highest BCUT2D eigenvalue weighted by atomic mass is 16.3. The van der Waals surface area contributed by atoms with Crippen LogP contribution in [0.3, 0.4) is 0 Å². The number of amides is 1. The SMILES string of the molecule is O=C(c1n[nH]c2ccccc12)N1CCC[C@@H]1C[C@@H](O)c1ccccc1. The lowest BCUT2D eigenvalue weighted by atomic mass is 10.0. The molecule has 5 heteroatoms. The summed E-state index contributed by atoms with van der Waals surface area (Å²) >= 11 is 0. The fourth-order valence-corrected chi connectivity index (χ4v) is 3.68.